The molecule has 0 radical (unpaired) electrons. The van der Waals surface area contributed by atoms with Crippen LogP contribution in [0.2, 0.25) is 5.15 Å². The van der Waals surface area contributed by atoms with Crippen LogP contribution in [-0.4, -0.2) is 59.8 Å². The first-order valence-corrected chi connectivity index (χ1v) is 10.2. The number of hydrogen-bond acceptors (Lipinski definition) is 4. The lowest BCUT2D eigenvalue weighted by Crippen LogP contribution is -2.35. The third-order valence-electron chi connectivity index (χ3n) is 5.09. The molecule has 0 spiro atoms. The fraction of sp³-hybridized carbons (Fsp3) is 0.524. The van der Waals surface area contributed by atoms with E-state index in [4.69, 9.17) is 11.6 Å². The predicted octanol–water partition coefficient (Wildman–Crippen LogP) is 3.76. The van der Waals surface area contributed by atoms with Gasteiger partial charge in [-0.15, -0.1) is 0 Å². The van der Waals surface area contributed by atoms with Crippen molar-refractivity contribution in [2.75, 3.05) is 38.6 Å². The van der Waals surface area contributed by atoms with Crippen LogP contribution in [0, 0.1) is 17.8 Å². The molecule has 0 amide bonds. The highest BCUT2D eigenvalue weighted by molar-refractivity contribution is 6.29. The number of rotatable bonds is 6. The van der Waals surface area contributed by atoms with Crippen LogP contribution >= 0.6 is 11.6 Å². The van der Waals surface area contributed by atoms with Crippen LogP contribution in [0.3, 0.4) is 0 Å². The maximum absolute atomic E-state index is 12.5. The molecule has 1 aliphatic heterocycles. The Morgan fingerprint density at radius 2 is 2.00 bits per heavy atom. The topological polar surface area (TPSA) is 37.2 Å². The van der Waals surface area contributed by atoms with E-state index in [1.807, 2.05) is 6.07 Å². The molecule has 156 valence electrons. The number of anilines is 1. The second-order valence-corrected chi connectivity index (χ2v) is 8.03. The summed E-state index contributed by atoms with van der Waals surface area (Å²) in [6.07, 6.45) is 5.75. The van der Waals surface area contributed by atoms with Crippen molar-refractivity contribution in [3.05, 3.63) is 40.9 Å². The van der Waals surface area contributed by atoms with Crippen molar-refractivity contribution in [3.8, 4) is 11.8 Å². The van der Waals surface area contributed by atoms with Crippen molar-refractivity contribution in [3.63, 3.8) is 0 Å². The minimum atomic E-state index is -2.44. The molecule has 29 heavy (non-hydrogen) atoms. The Balaban J connectivity index is 1.70. The Morgan fingerprint density at radius 1 is 1.24 bits per heavy atom. The standard InChI is InChI=1S/C21H26ClF2N5/c1-27(2)8-5-16-6-9-28(10-7-16)19-11-20(22)25-13-18(19)4-3-17-12-26-29(14-17)15-21(23)24/h11-14,16,21H,5-10,15H2,1-2H3. The monoisotopic (exact) mass is 421 g/mol. The third-order valence-corrected chi connectivity index (χ3v) is 5.30. The van der Waals surface area contributed by atoms with Crippen LogP contribution in [0.1, 0.15) is 30.4 Å². The lowest BCUT2D eigenvalue weighted by molar-refractivity contribution is 0.122. The van der Waals surface area contributed by atoms with Crippen molar-refractivity contribution in [1.29, 1.82) is 0 Å². The number of pyridine rings is 1. The largest absolute Gasteiger partial charge is 0.370 e. The number of halogens is 3. The van der Waals surface area contributed by atoms with Crippen LogP contribution in [0.4, 0.5) is 14.5 Å². The molecule has 1 fully saturated rings. The quantitative estimate of drug-likeness (QED) is 0.525. The summed E-state index contributed by atoms with van der Waals surface area (Å²) in [5.74, 6) is 6.85. The van der Waals surface area contributed by atoms with Gasteiger partial charge in [0.25, 0.3) is 6.43 Å². The summed E-state index contributed by atoms with van der Waals surface area (Å²) in [4.78, 5) is 8.70. The summed E-state index contributed by atoms with van der Waals surface area (Å²) < 4.78 is 26.1. The zero-order valence-electron chi connectivity index (χ0n) is 16.8. The van der Waals surface area contributed by atoms with E-state index in [1.165, 1.54) is 23.5 Å². The number of piperidine rings is 1. The minimum absolute atomic E-state index is 0.432. The van der Waals surface area contributed by atoms with Crippen LogP contribution < -0.4 is 4.90 Å². The maximum atomic E-state index is 12.5. The number of aromatic nitrogens is 3. The number of hydrogen-bond donors (Lipinski definition) is 0. The first-order valence-electron chi connectivity index (χ1n) is 9.78. The molecular formula is C21H26ClF2N5. The first-order chi connectivity index (χ1) is 13.9. The molecule has 2 aromatic rings. The van der Waals surface area contributed by atoms with E-state index >= 15 is 0 Å². The Hall–Kier alpha value is -2.17. The molecule has 0 unspecified atom stereocenters. The summed E-state index contributed by atoms with van der Waals surface area (Å²) >= 11 is 6.14. The predicted molar refractivity (Wildman–Crippen MR) is 112 cm³/mol. The molecule has 1 saturated heterocycles. The molecule has 1 aliphatic rings. The minimum Gasteiger partial charge on any atom is -0.370 e. The molecule has 0 aliphatic carbocycles. The van der Waals surface area contributed by atoms with E-state index in [1.54, 1.807) is 6.20 Å². The Bertz CT molecular complexity index is 863. The fourth-order valence-corrected chi connectivity index (χ4v) is 3.64. The van der Waals surface area contributed by atoms with Gasteiger partial charge in [0.05, 0.1) is 23.0 Å². The Morgan fingerprint density at radius 3 is 2.69 bits per heavy atom. The van der Waals surface area contributed by atoms with Gasteiger partial charge < -0.3 is 9.80 Å². The van der Waals surface area contributed by atoms with Gasteiger partial charge in [0, 0.05) is 31.5 Å². The molecular weight excluding hydrogens is 396 g/mol. The Labute approximate surface area is 175 Å². The SMILES string of the molecule is CN(C)CCC1CCN(c2cc(Cl)ncc2C#Cc2cnn(CC(F)F)c2)CC1. The zero-order valence-corrected chi connectivity index (χ0v) is 17.5. The van der Waals surface area contributed by atoms with Crippen LogP contribution in [0.25, 0.3) is 0 Å². The molecule has 0 N–H and O–H groups in total. The highest BCUT2D eigenvalue weighted by Gasteiger charge is 2.21. The normalized spacial score (nSPS) is 15.1. The molecule has 0 aromatic carbocycles. The van der Waals surface area contributed by atoms with Gasteiger partial charge in [0.2, 0.25) is 0 Å². The smallest absolute Gasteiger partial charge is 0.257 e. The van der Waals surface area contributed by atoms with Gasteiger partial charge in [-0.2, -0.15) is 5.10 Å². The van der Waals surface area contributed by atoms with E-state index in [0.717, 1.165) is 49.6 Å². The van der Waals surface area contributed by atoms with E-state index in [-0.39, 0.29) is 0 Å². The van der Waals surface area contributed by atoms with Crippen LogP contribution in [-0.2, 0) is 6.54 Å². The van der Waals surface area contributed by atoms with Crippen molar-refractivity contribution in [2.24, 2.45) is 5.92 Å². The highest BCUT2D eigenvalue weighted by atomic mass is 35.5. The van der Waals surface area contributed by atoms with Crippen LogP contribution in [0.5, 0.6) is 0 Å². The summed E-state index contributed by atoms with van der Waals surface area (Å²) in [6, 6.07) is 1.85. The molecule has 8 heteroatoms. The van der Waals surface area contributed by atoms with Crippen molar-refractivity contribution in [2.45, 2.75) is 32.2 Å². The van der Waals surface area contributed by atoms with E-state index < -0.39 is 13.0 Å². The molecule has 2 aromatic heterocycles. The molecule has 0 saturated carbocycles. The van der Waals surface area contributed by atoms with E-state index in [9.17, 15) is 8.78 Å². The second-order valence-electron chi connectivity index (χ2n) is 7.64. The average Bonchev–Trinajstić information content (AvgIpc) is 3.12. The summed E-state index contributed by atoms with van der Waals surface area (Å²) in [5, 5.41) is 4.35. The van der Waals surface area contributed by atoms with Crippen molar-refractivity contribution >= 4 is 17.3 Å². The van der Waals surface area contributed by atoms with Gasteiger partial charge in [-0.1, -0.05) is 23.4 Å². The van der Waals surface area contributed by atoms with Gasteiger partial charge >= 0.3 is 0 Å². The molecule has 0 bridgehead atoms. The number of alkyl halides is 2. The zero-order chi connectivity index (χ0) is 20.8. The van der Waals surface area contributed by atoms with Gasteiger partial charge in [0.1, 0.15) is 11.7 Å². The fourth-order valence-electron chi connectivity index (χ4n) is 3.49. The van der Waals surface area contributed by atoms with Gasteiger partial charge in [0.15, 0.2) is 0 Å². The second kappa shape index (κ2) is 10.0. The summed E-state index contributed by atoms with van der Waals surface area (Å²) in [6.45, 7) is 2.60. The van der Waals surface area contributed by atoms with Crippen molar-refractivity contribution < 1.29 is 8.78 Å². The van der Waals surface area contributed by atoms with Gasteiger partial charge in [-0.25, -0.2) is 13.8 Å². The lowest BCUT2D eigenvalue weighted by Gasteiger charge is -2.34. The van der Waals surface area contributed by atoms with Crippen molar-refractivity contribution in [1.82, 2.24) is 19.7 Å². The summed E-state index contributed by atoms with van der Waals surface area (Å²) in [5.41, 5.74) is 2.35. The molecule has 3 rings (SSSR count). The number of nitrogens with zero attached hydrogens (tertiary/aromatic N) is 5. The van der Waals surface area contributed by atoms with E-state index in [2.05, 4.69) is 45.8 Å². The van der Waals surface area contributed by atoms with E-state index in [0.29, 0.717) is 10.7 Å². The lowest BCUT2D eigenvalue weighted by atomic mass is 9.93. The molecule has 0 atom stereocenters. The third kappa shape index (κ3) is 6.41. The van der Waals surface area contributed by atoms with Gasteiger partial charge in [-0.05, 0) is 45.8 Å². The van der Waals surface area contributed by atoms with Gasteiger partial charge in [-0.3, -0.25) is 4.68 Å². The Kier molecular flexibility index (Phi) is 7.45. The first kappa shape index (κ1) is 21.5. The highest BCUT2D eigenvalue weighted by Crippen LogP contribution is 2.29. The molecule has 5 nitrogen and oxygen atoms in total. The average molecular weight is 422 g/mol. The summed E-state index contributed by atoms with van der Waals surface area (Å²) in [7, 11) is 4.21. The maximum Gasteiger partial charge on any atom is 0.257 e. The molecule has 3 heterocycles. The van der Waals surface area contributed by atoms with Crippen LogP contribution in [0.15, 0.2) is 24.7 Å².